The Morgan fingerprint density at radius 2 is 2.07 bits per heavy atom. The van der Waals surface area contributed by atoms with Crippen LogP contribution in [-0.4, -0.2) is 12.6 Å². The lowest BCUT2D eigenvalue weighted by Gasteiger charge is -2.24. The molecule has 0 aromatic heterocycles. The fraction of sp³-hybridized carbons (Fsp3) is 0.318. The number of hydrogen-bond acceptors (Lipinski definition) is 3. The van der Waals surface area contributed by atoms with Gasteiger partial charge in [0.1, 0.15) is 18.2 Å². The third-order valence-electron chi connectivity index (χ3n) is 5.60. The number of hydrogen-bond donors (Lipinski definition) is 0. The fourth-order valence-electron chi connectivity index (χ4n) is 4.19. The molecular weight excluding hydrogens is 447 g/mol. The maximum atomic E-state index is 13.6. The molecule has 6 heteroatoms. The van der Waals surface area contributed by atoms with Gasteiger partial charge in [-0.2, -0.15) is 0 Å². The van der Waals surface area contributed by atoms with Crippen molar-refractivity contribution < 1.29 is 18.7 Å². The number of rotatable bonds is 5. The lowest BCUT2D eigenvalue weighted by Crippen LogP contribution is -2.31. The monoisotopic (exact) mass is 464 g/mol. The molecule has 0 bridgehead atoms. The van der Waals surface area contributed by atoms with E-state index in [0.717, 1.165) is 17.6 Å². The highest BCUT2D eigenvalue weighted by Crippen LogP contribution is 2.52. The van der Waals surface area contributed by atoms with Crippen LogP contribution in [0.3, 0.4) is 0 Å². The number of allylic oxidation sites excluding steroid dienone is 1. The topological polar surface area (TPSA) is 35.5 Å². The summed E-state index contributed by atoms with van der Waals surface area (Å²) in [6.45, 7) is 4.75. The fourth-order valence-corrected chi connectivity index (χ4v) is 4.69. The second-order valence-electron chi connectivity index (χ2n) is 7.56. The summed E-state index contributed by atoms with van der Waals surface area (Å²) in [6.07, 6.45) is 2.08. The van der Waals surface area contributed by atoms with Gasteiger partial charge in [0.2, 0.25) is 0 Å². The van der Waals surface area contributed by atoms with E-state index in [1.807, 2.05) is 12.1 Å². The smallest absolute Gasteiger partial charge is 0.313 e. The summed E-state index contributed by atoms with van der Waals surface area (Å²) in [5, 5.41) is 0.464. The van der Waals surface area contributed by atoms with Crippen molar-refractivity contribution in [3.63, 3.8) is 0 Å². The molecule has 0 N–H and O–H groups in total. The first-order valence-electron chi connectivity index (χ1n) is 9.06. The van der Waals surface area contributed by atoms with Gasteiger partial charge in [-0.15, -0.1) is 0 Å². The highest BCUT2D eigenvalue weighted by Gasteiger charge is 2.55. The van der Waals surface area contributed by atoms with Crippen LogP contribution in [0.5, 0.6) is 5.75 Å². The number of esters is 1. The standard InChI is InChI=1S/C22H19BrClFO3/c1-13-6-16-12-28-21(26)22(16,9-13)10-14-3-5-20(18(24)7-14)27-11-15-2-4-17(23)19(25)8-15/h2-5,7-8,16H,1,6,9-12H2. The molecule has 0 amide bonds. The molecule has 0 radical (unpaired) electrons. The van der Waals surface area contributed by atoms with Crippen molar-refractivity contribution in [2.45, 2.75) is 25.9 Å². The highest BCUT2D eigenvalue weighted by molar-refractivity contribution is 9.10. The van der Waals surface area contributed by atoms with Crippen LogP contribution in [0, 0.1) is 17.2 Å². The van der Waals surface area contributed by atoms with Crippen LogP contribution in [0.4, 0.5) is 4.39 Å². The van der Waals surface area contributed by atoms with Gasteiger partial charge in [-0.25, -0.2) is 4.39 Å². The maximum Gasteiger partial charge on any atom is 0.313 e. The van der Waals surface area contributed by atoms with Crippen LogP contribution in [0.25, 0.3) is 0 Å². The zero-order chi connectivity index (χ0) is 19.9. The molecule has 3 nitrogen and oxygen atoms in total. The van der Waals surface area contributed by atoms with Crippen LogP contribution in [0.15, 0.2) is 53.0 Å². The number of cyclic esters (lactones) is 1. The number of halogens is 3. The molecule has 2 fully saturated rings. The van der Waals surface area contributed by atoms with E-state index in [1.165, 1.54) is 6.07 Å². The van der Waals surface area contributed by atoms with E-state index in [9.17, 15) is 9.18 Å². The van der Waals surface area contributed by atoms with E-state index in [0.29, 0.717) is 40.3 Å². The maximum absolute atomic E-state index is 13.6. The van der Waals surface area contributed by atoms with Gasteiger partial charge in [-0.1, -0.05) is 35.9 Å². The summed E-state index contributed by atoms with van der Waals surface area (Å²) in [5.74, 6) is 0.241. The van der Waals surface area contributed by atoms with E-state index in [-0.39, 0.29) is 24.3 Å². The Labute approximate surface area is 176 Å². The summed E-state index contributed by atoms with van der Waals surface area (Å²) in [4.78, 5) is 12.4. The third kappa shape index (κ3) is 3.58. The Morgan fingerprint density at radius 3 is 2.82 bits per heavy atom. The molecule has 2 aromatic carbocycles. The van der Waals surface area contributed by atoms with E-state index < -0.39 is 5.41 Å². The van der Waals surface area contributed by atoms with Crippen molar-refractivity contribution in [1.29, 1.82) is 0 Å². The van der Waals surface area contributed by atoms with Gasteiger partial charge in [0.05, 0.1) is 21.5 Å². The minimum absolute atomic E-state index is 0.134. The van der Waals surface area contributed by atoms with Gasteiger partial charge in [-0.3, -0.25) is 4.79 Å². The molecule has 28 heavy (non-hydrogen) atoms. The molecule has 2 unspecified atom stereocenters. The highest BCUT2D eigenvalue weighted by atomic mass is 79.9. The van der Waals surface area contributed by atoms with E-state index in [1.54, 1.807) is 18.2 Å². The molecule has 1 heterocycles. The number of carbonyl (C=O) groups excluding carboxylic acids is 1. The Bertz CT molecular complexity index is 961. The molecule has 1 saturated heterocycles. The Balaban J connectivity index is 1.48. The molecule has 2 aliphatic rings. The number of ether oxygens (including phenoxy) is 2. The van der Waals surface area contributed by atoms with Crippen LogP contribution in [0.2, 0.25) is 5.02 Å². The van der Waals surface area contributed by atoms with Gasteiger partial charge in [-0.05, 0) is 70.6 Å². The molecule has 2 aromatic rings. The van der Waals surface area contributed by atoms with Gasteiger partial charge in [0, 0.05) is 5.92 Å². The van der Waals surface area contributed by atoms with E-state index in [2.05, 4.69) is 22.5 Å². The zero-order valence-corrected chi connectivity index (χ0v) is 17.5. The first-order chi connectivity index (χ1) is 13.4. The van der Waals surface area contributed by atoms with Crippen molar-refractivity contribution in [2.24, 2.45) is 11.3 Å². The van der Waals surface area contributed by atoms with Crippen LogP contribution in [0.1, 0.15) is 24.0 Å². The first-order valence-corrected chi connectivity index (χ1v) is 10.2. The molecule has 4 rings (SSSR count). The Kier molecular flexibility index (Phi) is 5.23. The summed E-state index contributed by atoms with van der Waals surface area (Å²) in [7, 11) is 0. The van der Waals surface area contributed by atoms with Gasteiger partial charge in [0.15, 0.2) is 0 Å². The Morgan fingerprint density at radius 1 is 1.29 bits per heavy atom. The van der Waals surface area contributed by atoms with E-state index in [4.69, 9.17) is 21.1 Å². The first kappa shape index (κ1) is 19.5. The van der Waals surface area contributed by atoms with Crippen molar-refractivity contribution in [1.82, 2.24) is 0 Å². The number of benzene rings is 2. The van der Waals surface area contributed by atoms with Crippen LogP contribution in [-0.2, 0) is 22.6 Å². The molecule has 1 saturated carbocycles. The zero-order valence-electron chi connectivity index (χ0n) is 15.1. The predicted molar refractivity (Wildman–Crippen MR) is 109 cm³/mol. The van der Waals surface area contributed by atoms with Crippen LogP contribution < -0.4 is 4.74 Å². The van der Waals surface area contributed by atoms with Gasteiger partial charge in [0.25, 0.3) is 0 Å². The van der Waals surface area contributed by atoms with Gasteiger partial charge >= 0.3 is 5.97 Å². The average molecular weight is 466 g/mol. The molecule has 1 aliphatic heterocycles. The summed E-state index contributed by atoms with van der Waals surface area (Å²) in [6, 6.07) is 10.4. The largest absolute Gasteiger partial charge is 0.487 e. The summed E-state index contributed by atoms with van der Waals surface area (Å²) >= 11 is 9.54. The third-order valence-corrected chi connectivity index (χ3v) is 6.54. The van der Waals surface area contributed by atoms with Crippen LogP contribution >= 0.6 is 27.5 Å². The lowest BCUT2D eigenvalue weighted by molar-refractivity contribution is -0.146. The number of fused-ring (bicyclic) bond motifs is 1. The molecular formula is C22H19BrClFO3. The normalized spacial score (nSPS) is 23.6. The second kappa shape index (κ2) is 7.53. The van der Waals surface area contributed by atoms with Crippen molar-refractivity contribution >= 4 is 33.5 Å². The molecule has 0 spiro atoms. The lowest BCUT2D eigenvalue weighted by atomic mass is 9.75. The summed E-state index contributed by atoms with van der Waals surface area (Å²) in [5.41, 5.74) is 2.26. The Hall–Kier alpha value is -1.85. The second-order valence-corrected chi connectivity index (χ2v) is 8.82. The average Bonchev–Trinajstić information content (AvgIpc) is 3.11. The quantitative estimate of drug-likeness (QED) is 0.409. The predicted octanol–water partition coefficient (Wildman–Crippen LogP) is 5.87. The number of carbonyl (C=O) groups is 1. The minimum Gasteiger partial charge on any atom is -0.487 e. The minimum atomic E-state index is -0.516. The van der Waals surface area contributed by atoms with Gasteiger partial charge < -0.3 is 9.47 Å². The summed E-state index contributed by atoms with van der Waals surface area (Å²) < 4.78 is 25.1. The SMILES string of the molecule is C=C1CC2COC(=O)C2(Cc2ccc(OCc3ccc(Br)c(F)c3)c(Cl)c2)C1. The van der Waals surface area contributed by atoms with Crippen molar-refractivity contribution in [2.75, 3.05) is 6.61 Å². The van der Waals surface area contributed by atoms with Crippen molar-refractivity contribution in [3.05, 3.63) is 75.0 Å². The molecule has 1 aliphatic carbocycles. The van der Waals surface area contributed by atoms with Crippen molar-refractivity contribution in [3.8, 4) is 5.75 Å². The molecule has 146 valence electrons. The van der Waals surface area contributed by atoms with E-state index >= 15 is 0 Å². The molecule has 2 atom stereocenters.